The molecule has 6 heteroatoms. The van der Waals surface area contributed by atoms with Crippen LogP contribution in [-0.4, -0.2) is 40.5 Å². The van der Waals surface area contributed by atoms with Crippen molar-refractivity contribution in [3.05, 3.63) is 65.7 Å². The molecule has 1 saturated carbocycles. The van der Waals surface area contributed by atoms with E-state index in [9.17, 15) is 14.0 Å². The van der Waals surface area contributed by atoms with Crippen LogP contribution in [0.2, 0.25) is 0 Å². The Morgan fingerprint density at radius 3 is 2.62 bits per heavy atom. The third-order valence-electron chi connectivity index (χ3n) is 4.31. The first-order chi connectivity index (χ1) is 12.6. The smallest absolute Gasteiger partial charge is 0.329 e. The second-order valence-corrected chi connectivity index (χ2v) is 6.27. The zero-order valence-corrected chi connectivity index (χ0v) is 14.6. The highest BCUT2D eigenvalue weighted by atomic mass is 19.1. The summed E-state index contributed by atoms with van der Waals surface area (Å²) in [6.45, 7) is 1.97. The number of hydrogen-bond acceptors (Lipinski definition) is 4. The molecule has 0 aliphatic heterocycles. The van der Waals surface area contributed by atoms with Crippen molar-refractivity contribution >= 4 is 11.9 Å². The zero-order chi connectivity index (χ0) is 18.5. The van der Waals surface area contributed by atoms with Crippen LogP contribution in [0.3, 0.4) is 0 Å². The largest absolute Gasteiger partial charge is 0.464 e. The summed E-state index contributed by atoms with van der Waals surface area (Å²) >= 11 is 0. The Kier molecular flexibility index (Phi) is 5.61. The number of carbonyl (C=O) groups is 2. The van der Waals surface area contributed by atoms with E-state index in [0.717, 1.165) is 24.5 Å². The first-order valence-electron chi connectivity index (χ1n) is 8.75. The Bertz CT molecular complexity index is 778. The van der Waals surface area contributed by atoms with Crippen molar-refractivity contribution < 1.29 is 18.7 Å². The van der Waals surface area contributed by atoms with Crippen molar-refractivity contribution in [1.29, 1.82) is 0 Å². The molecule has 0 radical (unpaired) electrons. The van der Waals surface area contributed by atoms with Crippen molar-refractivity contribution in [3.8, 4) is 0 Å². The molecule has 1 amide bonds. The molecule has 1 aliphatic carbocycles. The number of ether oxygens (including phenoxy) is 1. The van der Waals surface area contributed by atoms with E-state index in [1.165, 1.54) is 12.3 Å². The van der Waals surface area contributed by atoms with Crippen LogP contribution >= 0.6 is 0 Å². The molecule has 0 saturated heterocycles. The van der Waals surface area contributed by atoms with E-state index in [1.54, 1.807) is 11.8 Å². The third-order valence-corrected chi connectivity index (χ3v) is 4.31. The van der Waals surface area contributed by atoms with Crippen molar-refractivity contribution in [1.82, 2.24) is 9.88 Å². The Balaban J connectivity index is 1.92. The lowest BCUT2D eigenvalue weighted by atomic mass is 10.0. The molecule has 26 heavy (non-hydrogen) atoms. The Morgan fingerprint density at radius 1 is 1.27 bits per heavy atom. The predicted molar refractivity (Wildman–Crippen MR) is 94.0 cm³/mol. The molecule has 136 valence electrons. The van der Waals surface area contributed by atoms with E-state index in [1.807, 2.05) is 30.3 Å². The fraction of sp³-hybridized carbons (Fsp3) is 0.350. The number of benzene rings is 1. The molecule has 0 N–H and O–H groups in total. The average Bonchev–Trinajstić information content (AvgIpc) is 3.47. The number of carbonyl (C=O) groups excluding carboxylic acids is 2. The van der Waals surface area contributed by atoms with Crippen molar-refractivity contribution in [2.75, 3.05) is 6.61 Å². The summed E-state index contributed by atoms with van der Waals surface area (Å²) in [7, 11) is 0. The molecule has 1 aromatic carbocycles. The first-order valence-corrected chi connectivity index (χ1v) is 8.75. The molecule has 2 aromatic rings. The Morgan fingerprint density at radius 2 is 2.00 bits per heavy atom. The summed E-state index contributed by atoms with van der Waals surface area (Å²) in [5.41, 5.74) is 1.12. The fourth-order valence-corrected chi connectivity index (χ4v) is 2.97. The minimum atomic E-state index is -0.742. The summed E-state index contributed by atoms with van der Waals surface area (Å²) in [6, 6.07) is 11.3. The van der Waals surface area contributed by atoms with Crippen LogP contribution in [0.4, 0.5) is 4.39 Å². The third kappa shape index (κ3) is 4.25. The van der Waals surface area contributed by atoms with Gasteiger partial charge in [-0.2, -0.15) is 4.39 Å². The minimum Gasteiger partial charge on any atom is -0.464 e. The molecular formula is C20H21FN2O3. The average molecular weight is 356 g/mol. The quantitative estimate of drug-likeness (QED) is 0.565. The van der Waals surface area contributed by atoms with Crippen molar-refractivity contribution in [2.24, 2.45) is 0 Å². The monoisotopic (exact) mass is 356 g/mol. The molecular weight excluding hydrogens is 335 g/mol. The van der Waals surface area contributed by atoms with Gasteiger partial charge in [-0.3, -0.25) is 4.79 Å². The molecule has 3 rings (SSSR count). The van der Waals surface area contributed by atoms with Crippen LogP contribution in [0, 0.1) is 5.95 Å². The van der Waals surface area contributed by atoms with E-state index in [-0.39, 0.29) is 24.1 Å². The number of aromatic nitrogens is 1. The second kappa shape index (κ2) is 8.08. The van der Waals surface area contributed by atoms with Gasteiger partial charge in [0.1, 0.15) is 6.04 Å². The number of hydrogen-bond donors (Lipinski definition) is 0. The van der Waals surface area contributed by atoms with Gasteiger partial charge in [-0.05, 0) is 31.4 Å². The minimum absolute atomic E-state index is 0.0307. The van der Waals surface area contributed by atoms with Crippen LogP contribution in [0.25, 0.3) is 0 Å². The molecule has 1 heterocycles. The van der Waals surface area contributed by atoms with Gasteiger partial charge >= 0.3 is 5.97 Å². The van der Waals surface area contributed by atoms with Gasteiger partial charge in [0.05, 0.1) is 6.61 Å². The van der Waals surface area contributed by atoms with Gasteiger partial charge in [0.15, 0.2) is 0 Å². The zero-order valence-electron chi connectivity index (χ0n) is 14.6. The van der Waals surface area contributed by atoms with Gasteiger partial charge in [0.25, 0.3) is 5.91 Å². The lowest BCUT2D eigenvalue weighted by Crippen LogP contribution is -2.48. The molecule has 1 unspecified atom stereocenters. The topological polar surface area (TPSA) is 59.5 Å². The van der Waals surface area contributed by atoms with E-state index in [2.05, 4.69) is 4.98 Å². The number of halogens is 1. The lowest BCUT2D eigenvalue weighted by molar-refractivity contribution is -0.148. The summed E-state index contributed by atoms with van der Waals surface area (Å²) in [5, 5.41) is 0. The summed E-state index contributed by atoms with van der Waals surface area (Å²) < 4.78 is 18.7. The van der Waals surface area contributed by atoms with Gasteiger partial charge in [-0.15, -0.1) is 0 Å². The first kappa shape index (κ1) is 18.0. The predicted octanol–water partition coefficient (Wildman–Crippen LogP) is 3.00. The molecule has 1 atom stereocenters. The van der Waals surface area contributed by atoms with E-state index >= 15 is 0 Å². The van der Waals surface area contributed by atoms with E-state index < -0.39 is 18.0 Å². The van der Waals surface area contributed by atoms with Gasteiger partial charge in [0, 0.05) is 30.3 Å². The van der Waals surface area contributed by atoms with Crippen LogP contribution in [0.5, 0.6) is 0 Å². The summed E-state index contributed by atoms with van der Waals surface area (Å²) in [5.74, 6) is -1.53. The lowest BCUT2D eigenvalue weighted by Gasteiger charge is -2.30. The molecule has 0 bridgehead atoms. The van der Waals surface area contributed by atoms with Gasteiger partial charge < -0.3 is 9.64 Å². The fourth-order valence-electron chi connectivity index (χ4n) is 2.97. The molecule has 5 nitrogen and oxygen atoms in total. The highest BCUT2D eigenvalue weighted by Gasteiger charge is 2.41. The second-order valence-electron chi connectivity index (χ2n) is 6.27. The standard InChI is InChI=1S/C20H21FN2O3/c1-2-26-20(25)17(12-14-6-4-3-5-7-14)23(16-8-9-16)19(24)15-10-11-22-18(21)13-15/h3-7,10-11,13,16-17H,2,8-9,12H2,1H3. The Labute approximate surface area is 151 Å². The van der Waals surface area contributed by atoms with Crippen LogP contribution < -0.4 is 0 Å². The van der Waals surface area contributed by atoms with Gasteiger partial charge in [-0.1, -0.05) is 30.3 Å². The normalized spacial score (nSPS) is 14.5. The molecule has 1 aromatic heterocycles. The molecule has 0 spiro atoms. The maximum Gasteiger partial charge on any atom is 0.329 e. The number of rotatable bonds is 7. The highest BCUT2D eigenvalue weighted by molar-refractivity contribution is 5.97. The van der Waals surface area contributed by atoms with Crippen LogP contribution in [0.15, 0.2) is 48.7 Å². The van der Waals surface area contributed by atoms with Crippen molar-refractivity contribution in [3.63, 3.8) is 0 Å². The van der Waals surface area contributed by atoms with Crippen molar-refractivity contribution in [2.45, 2.75) is 38.3 Å². The Hall–Kier alpha value is -2.76. The number of esters is 1. The molecule has 1 aliphatic rings. The van der Waals surface area contributed by atoms with E-state index in [0.29, 0.717) is 6.42 Å². The highest BCUT2D eigenvalue weighted by Crippen LogP contribution is 2.31. The van der Waals surface area contributed by atoms with Crippen LogP contribution in [0.1, 0.15) is 35.7 Å². The number of nitrogens with zero attached hydrogens (tertiary/aromatic N) is 2. The SMILES string of the molecule is CCOC(=O)C(Cc1ccccc1)N(C(=O)c1ccnc(F)c1)C1CC1. The maximum absolute atomic E-state index is 13.5. The summed E-state index contributed by atoms with van der Waals surface area (Å²) in [6.07, 6.45) is 3.26. The van der Waals surface area contributed by atoms with E-state index in [4.69, 9.17) is 4.74 Å². The number of amides is 1. The summed E-state index contributed by atoms with van der Waals surface area (Å²) in [4.78, 5) is 30.7. The van der Waals surface area contributed by atoms with Gasteiger partial charge in [-0.25, -0.2) is 9.78 Å². The maximum atomic E-state index is 13.5. The van der Waals surface area contributed by atoms with Gasteiger partial charge in [0.2, 0.25) is 5.95 Å². The molecule has 1 fully saturated rings. The number of pyridine rings is 1. The van der Waals surface area contributed by atoms with Crippen LogP contribution in [-0.2, 0) is 16.0 Å².